The number of benzene rings is 7. The second-order valence-corrected chi connectivity index (χ2v) is 33.4. The van der Waals surface area contributed by atoms with Crippen molar-refractivity contribution in [3.05, 3.63) is 177 Å². The van der Waals surface area contributed by atoms with Crippen molar-refractivity contribution in [2.75, 3.05) is 94.1 Å². The minimum absolute atomic E-state index is 0.00944. The maximum absolute atomic E-state index is 14.6. The largest absolute Gasteiger partial charge is 0.508 e. The van der Waals surface area contributed by atoms with Crippen LogP contribution < -0.4 is 112 Å². The lowest BCUT2D eigenvalue weighted by atomic mass is 9.90. The Labute approximate surface area is 768 Å². The molecule has 6 aromatic carbocycles. The predicted molar refractivity (Wildman–Crippen MR) is 498 cm³/mol. The van der Waals surface area contributed by atoms with Crippen molar-refractivity contribution in [2.24, 2.45) is 46.6 Å². The number of fused-ring (bicyclic) bond motifs is 6. The predicted octanol–water partition coefficient (Wildman–Crippen LogP) is 5.78. The highest BCUT2D eigenvalue weighted by atomic mass is 16.5. The summed E-state index contributed by atoms with van der Waals surface area (Å²) in [5.41, 5.74) is 25.4. The standard InChI is InChI=1S/C93H107N23O18/c1-5-47(3)77-87(129)107-68(11-9-31-99-90(97)98)86(128)108-69-36-51(79(95)121)12-14-53(69)43-100-66-24-17-55(39-64(66)83(125)110-77)103-74(119)44-101-81(123)49-26-32-115(33-27-49)92-112-91(105-57-16-21-60(63(38-57)89(131)132)76-61-22-19-58(117)41-72(61)134-73-42-59(118)20-23-62(73)76)113-93(114-92)116-34-28-50(29-35-116)82(124)102-45-75(120)104-56-18-25-71-65(40-56)84(126)111-78(48(4)6-2)88(130)106-67(10-7-8-30-94)85(127)109-70-37-52(80(96)122)13-15-54(70)46-133-71/h12-25,36-42,47-50,67-68,77-78,100,117H,5-11,26-35,43-46,94H2,1-4H3,(H2,95,121)(H2,96,122)(H,101,123)(H,102,124)(H,103,119)(H,104,120)(H,106,130)(H,107,129)(H,108,128)(H,109,127)(H,110,125)(H,111,126)(H,131,132)(H4,97,98,99)(H,105,112,113,114)/t47-,48-,67-,68-,77-,78-/m0/s1. The van der Waals surface area contributed by atoms with Crippen LogP contribution in [0.2, 0.25) is 0 Å². The van der Waals surface area contributed by atoms with E-state index in [-0.39, 0.29) is 210 Å². The Morgan fingerprint density at radius 2 is 1.09 bits per heavy atom. The molecule has 0 spiro atoms. The van der Waals surface area contributed by atoms with E-state index in [1.165, 1.54) is 103 Å². The second kappa shape index (κ2) is 43.3. The molecule has 41 heteroatoms. The number of carbonyl (C=O) groups excluding carboxylic acids is 12. The third-order valence-electron chi connectivity index (χ3n) is 24.2. The van der Waals surface area contributed by atoms with E-state index in [9.17, 15) is 77.3 Å². The number of carboxylic acid groups (broad SMARTS) is 1. The average molecular weight is 1840 g/mol. The average Bonchev–Trinajstić information content (AvgIpc) is 0.744. The van der Waals surface area contributed by atoms with Crippen LogP contribution in [-0.2, 0) is 51.5 Å². The number of phenols is 1. The number of primary amides is 2. The van der Waals surface area contributed by atoms with Crippen molar-refractivity contribution < 1.29 is 81.7 Å². The number of hydrogen-bond acceptors (Lipinski definition) is 26. The van der Waals surface area contributed by atoms with E-state index in [2.05, 4.69) is 69.1 Å². The number of aromatic hydroxyl groups is 1. The molecule has 12 amide bonds. The van der Waals surface area contributed by atoms with Gasteiger partial charge in [0, 0.05) is 131 Å². The molecule has 0 saturated carbocycles. The molecule has 2 fully saturated rings. The molecule has 2 saturated heterocycles. The number of rotatable bonds is 28. The van der Waals surface area contributed by atoms with Crippen molar-refractivity contribution >= 4 is 146 Å². The molecule has 13 rings (SSSR count). The third kappa shape index (κ3) is 23.7. The lowest BCUT2D eigenvalue weighted by Crippen LogP contribution is -2.55. The van der Waals surface area contributed by atoms with Crippen LogP contribution >= 0.6 is 0 Å². The monoisotopic (exact) mass is 1830 g/mol. The van der Waals surface area contributed by atoms with Crippen molar-refractivity contribution in [2.45, 2.75) is 136 Å². The number of guanidine groups is 1. The number of hydrogen-bond donors (Lipinski definition) is 20. The summed E-state index contributed by atoms with van der Waals surface area (Å²) in [5, 5.41) is 66.5. The fourth-order valence-corrected chi connectivity index (χ4v) is 16.3. The molecule has 1 aliphatic carbocycles. The summed E-state index contributed by atoms with van der Waals surface area (Å²) >= 11 is 0. The summed E-state index contributed by atoms with van der Waals surface area (Å²) < 4.78 is 12.3. The Morgan fingerprint density at radius 1 is 0.552 bits per heavy atom. The highest BCUT2D eigenvalue weighted by Crippen LogP contribution is 2.43. The molecule has 6 heterocycles. The SMILES string of the molecule is CC[C@H](C)[C@@H]1NC(=O)c2cc(NC(=O)CNC(=O)C3CCN(c4nc(Nc5ccc(-c6c7ccc(=O)cc-7oc7cc(O)ccc67)c(C(=O)O)c5)nc(N5CCC(C(=O)NCC(=O)Nc6ccc7c(c6)C(=O)N[C@@H]([C@@H](C)CC)C(=O)N[C@@H](CCCCN)C(=O)Nc6cc(C(N)=O)ccc6CO7)CC5)n4)CC3)ccc2NCc2ccc(C(N)=O)cc2NC(=O)[C@H](CCCNC(=N)N)NC1=O. The van der Waals surface area contributed by atoms with Crippen LogP contribution in [0.25, 0.3) is 33.4 Å². The van der Waals surface area contributed by atoms with Gasteiger partial charge in [0.2, 0.25) is 76.9 Å². The normalized spacial score (nSPS) is 17.4. The first-order chi connectivity index (χ1) is 64.3. The topological polar surface area (TPSA) is 631 Å². The van der Waals surface area contributed by atoms with E-state index < -0.39 is 138 Å². The molecular weight excluding hydrogens is 1730 g/mol. The molecule has 1 aromatic heterocycles. The zero-order chi connectivity index (χ0) is 95.7. The number of aromatic nitrogens is 3. The van der Waals surface area contributed by atoms with Gasteiger partial charge in [-0.25, -0.2) is 4.79 Å². The summed E-state index contributed by atoms with van der Waals surface area (Å²) in [6.07, 6.45) is 3.42. The van der Waals surface area contributed by atoms with Crippen LogP contribution in [0.4, 0.5) is 52.0 Å². The number of nitrogens with one attached hydrogen (secondary N) is 14. The number of anilines is 9. The van der Waals surface area contributed by atoms with Gasteiger partial charge < -0.3 is 121 Å². The van der Waals surface area contributed by atoms with Crippen LogP contribution in [0.15, 0.2) is 137 Å². The van der Waals surface area contributed by atoms with Gasteiger partial charge in [0.15, 0.2) is 11.4 Å². The van der Waals surface area contributed by atoms with Gasteiger partial charge in [-0.3, -0.25) is 67.7 Å². The first-order valence-electron chi connectivity index (χ1n) is 44.2. The maximum Gasteiger partial charge on any atom is 0.336 e. The Balaban J connectivity index is 0.694. The summed E-state index contributed by atoms with van der Waals surface area (Å²) in [7, 11) is 0. The Hall–Kier alpha value is -15.8. The minimum Gasteiger partial charge on any atom is -0.508 e. The van der Waals surface area contributed by atoms with Crippen LogP contribution in [0.1, 0.15) is 161 Å². The van der Waals surface area contributed by atoms with Gasteiger partial charge in [0.1, 0.15) is 53.6 Å². The highest BCUT2D eigenvalue weighted by molar-refractivity contribution is 6.10. The molecule has 702 valence electrons. The smallest absolute Gasteiger partial charge is 0.336 e. The van der Waals surface area contributed by atoms with Crippen molar-refractivity contribution in [3.63, 3.8) is 0 Å². The highest BCUT2D eigenvalue weighted by Gasteiger charge is 2.37. The molecule has 6 atom stereocenters. The third-order valence-corrected chi connectivity index (χ3v) is 24.2. The van der Waals surface area contributed by atoms with Gasteiger partial charge >= 0.3 is 5.97 Å². The van der Waals surface area contributed by atoms with E-state index in [0.29, 0.717) is 59.9 Å². The number of carboxylic acids is 1. The Morgan fingerprint density at radius 3 is 1.65 bits per heavy atom. The summed E-state index contributed by atoms with van der Waals surface area (Å²) in [6, 6.07) is 26.1. The molecule has 41 nitrogen and oxygen atoms in total. The van der Waals surface area contributed by atoms with Gasteiger partial charge in [0.25, 0.3) is 11.8 Å². The zero-order valence-electron chi connectivity index (χ0n) is 74.1. The molecule has 7 aromatic rings. The first kappa shape index (κ1) is 95.7. The van der Waals surface area contributed by atoms with Gasteiger partial charge in [-0.1, -0.05) is 58.7 Å². The zero-order valence-corrected chi connectivity index (χ0v) is 74.1. The molecule has 134 heavy (non-hydrogen) atoms. The fourth-order valence-electron chi connectivity index (χ4n) is 16.3. The van der Waals surface area contributed by atoms with Crippen LogP contribution in [0.5, 0.6) is 11.5 Å². The van der Waals surface area contributed by atoms with E-state index in [4.69, 9.17) is 52.4 Å². The molecule has 0 bridgehead atoms. The van der Waals surface area contributed by atoms with Gasteiger partial charge in [0.05, 0.1) is 29.8 Å². The van der Waals surface area contributed by atoms with E-state index in [1.54, 1.807) is 38.1 Å². The summed E-state index contributed by atoms with van der Waals surface area (Å²) in [4.78, 5) is 211. The number of phenolic OH excluding ortho intramolecular Hbond substituents is 1. The molecule has 5 aliphatic heterocycles. The van der Waals surface area contributed by atoms with Crippen molar-refractivity contribution in [3.8, 4) is 33.9 Å². The minimum atomic E-state index is -1.32. The van der Waals surface area contributed by atoms with Crippen LogP contribution in [-0.4, -0.2) is 185 Å². The van der Waals surface area contributed by atoms with E-state index in [1.807, 2.05) is 23.6 Å². The summed E-state index contributed by atoms with van der Waals surface area (Å²) in [5.74, 6) is -11.1. The lowest BCUT2D eigenvalue weighted by molar-refractivity contribution is -0.128. The number of piperidine rings is 2. The van der Waals surface area contributed by atoms with Crippen molar-refractivity contribution in [1.82, 2.24) is 52.2 Å². The number of ether oxygens (including phenoxy) is 1. The number of nitrogens with zero attached hydrogens (tertiary/aromatic N) is 5. The number of nitrogens with two attached hydrogens (primary N) is 4. The molecule has 0 radical (unpaired) electrons. The van der Waals surface area contributed by atoms with E-state index >= 15 is 0 Å². The van der Waals surface area contributed by atoms with Gasteiger partial charge in [-0.15, -0.1) is 0 Å². The van der Waals surface area contributed by atoms with Crippen molar-refractivity contribution in [1.29, 1.82) is 5.41 Å². The molecule has 24 N–H and O–H groups in total. The first-order valence-corrected chi connectivity index (χ1v) is 44.2. The Kier molecular flexibility index (Phi) is 30.9. The fraction of sp³-hybridized carbons (Fsp3) is 0.355. The number of aromatic carboxylic acids is 1. The quantitative estimate of drug-likeness (QED) is 0.0119. The lowest BCUT2D eigenvalue weighted by Gasteiger charge is -2.34. The maximum atomic E-state index is 14.6. The molecular formula is C93H107N23O18. The second-order valence-electron chi connectivity index (χ2n) is 33.4. The Bertz CT molecular complexity index is 6040. The van der Waals surface area contributed by atoms with Gasteiger partial charge in [-0.05, 0) is 184 Å². The molecule has 0 unspecified atom stereocenters. The van der Waals surface area contributed by atoms with Crippen LogP contribution in [0, 0.1) is 29.1 Å². The van der Waals surface area contributed by atoms with Crippen LogP contribution in [0.3, 0.4) is 0 Å². The van der Waals surface area contributed by atoms with E-state index in [0.717, 1.165) is 0 Å². The number of amides is 12. The van der Waals surface area contributed by atoms with Gasteiger partial charge in [-0.2, -0.15) is 15.0 Å². The summed E-state index contributed by atoms with van der Waals surface area (Å²) in [6.45, 7) is 7.33. The molecule has 6 aliphatic rings. The number of unbranched alkanes of at least 4 members (excludes halogenated alkanes) is 1. The number of carbonyl (C=O) groups is 13.